The summed E-state index contributed by atoms with van der Waals surface area (Å²) >= 11 is 0. The third-order valence-corrected chi connectivity index (χ3v) is 3.38. The number of nitrogens with zero attached hydrogens (tertiary/aromatic N) is 1. The first-order chi connectivity index (χ1) is 9.06. The first-order valence-corrected chi connectivity index (χ1v) is 7.09. The molecule has 0 aromatic rings. The highest BCUT2D eigenvalue weighted by Gasteiger charge is 2.25. The van der Waals surface area contributed by atoms with Gasteiger partial charge in [-0.1, -0.05) is 6.92 Å². The van der Waals surface area contributed by atoms with Crippen molar-refractivity contribution in [2.24, 2.45) is 0 Å². The number of amides is 2. The van der Waals surface area contributed by atoms with Crippen molar-refractivity contribution in [1.29, 1.82) is 0 Å². The van der Waals surface area contributed by atoms with E-state index in [-0.39, 0.29) is 17.9 Å². The maximum Gasteiger partial charge on any atom is 0.242 e. The average Bonchev–Trinajstić information content (AvgIpc) is 2.44. The van der Waals surface area contributed by atoms with Gasteiger partial charge in [-0.3, -0.25) is 14.5 Å². The summed E-state index contributed by atoms with van der Waals surface area (Å²) in [5.41, 5.74) is 0. The van der Waals surface area contributed by atoms with Crippen molar-refractivity contribution in [2.75, 3.05) is 32.7 Å². The number of carbonyl (C=O) groups is 2. The third kappa shape index (κ3) is 5.16. The van der Waals surface area contributed by atoms with Crippen LogP contribution in [0.2, 0.25) is 0 Å². The summed E-state index contributed by atoms with van der Waals surface area (Å²) < 4.78 is 0. The van der Waals surface area contributed by atoms with Crippen molar-refractivity contribution in [3.8, 4) is 0 Å². The van der Waals surface area contributed by atoms with Gasteiger partial charge in [0.05, 0.1) is 6.04 Å². The topological polar surface area (TPSA) is 73.5 Å². The smallest absolute Gasteiger partial charge is 0.242 e. The zero-order valence-electron chi connectivity index (χ0n) is 12.2. The molecule has 1 saturated heterocycles. The van der Waals surface area contributed by atoms with E-state index in [1.807, 2.05) is 13.8 Å². The second kappa shape index (κ2) is 8.12. The highest BCUT2D eigenvalue weighted by atomic mass is 16.2. The SMILES string of the molecule is CCCNC(=O)C(C)NC(=O)C(C)N1CCNCC1. The lowest BCUT2D eigenvalue weighted by molar-refractivity contribution is -0.131. The van der Waals surface area contributed by atoms with E-state index in [1.165, 1.54) is 0 Å². The molecule has 0 saturated carbocycles. The lowest BCUT2D eigenvalue weighted by Gasteiger charge is -2.32. The largest absolute Gasteiger partial charge is 0.354 e. The van der Waals surface area contributed by atoms with Crippen LogP contribution in [0.15, 0.2) is 0 Å². The number of carbonyl (C=O) groups excluding carboxylic acids is 2. The van der Waals surface area contributed by atoms with Crippen LogP contribution in [0.1, 0.15) is 27.2 Å². The minimum Gasteiger partial charge on any atom is -0.354 e. The first kappa shape index (κ1) is 15.9. The summed E-state index contributed by atoms with van der Waals surface area (Å²) in [5, 5.41) is 8.80. The van der Waals surface area contributed by atoms with E-state index >= 15 is 0 Å². The van der Waals surface area contributed by atoms with Gasteiger partial charge in [-0.15, -0.1) is 0 Å². The van der Waals surface area contributed by atoms with Crippen molar-refractivity contribution < 1.29 is 9.59 Å². The Bertz CT molecular complexity index is 303. The van der Waals surface area contributed by atoms with E-state index in [0.29, 0.717) is 6.54 Å². The molecule has 0 spiro atoms. The maximum atomic E-state index is 12.1. The van der Waals surface area contributed by atoms with Crippen LogP contribution in [-0.4, -0.2) is 61.5 Å². The van der Waals surface area contributed by atoms with Gasteiger partial charge in [-0.2, -0.15) is 0 Å². The van der Waals surface area contributed by atoms with Gasteiger partial charge in [-0.25, -0.2) is 0 Å². The second-order valence-electron chi connectivity index (χ2n) is 4.98. The molecule has 0 aromatic carbocycles. The Balaban J connectivity index is 2.37. The lowest BCUT2D eigenvalue weighted by atomic mass is 10.2. The zero-order chi connectivity index (χ0) is 14.3. The number of hydrogen-bond donors (Lipinski definition) is 3. The molecule has 1 fully saturated rings. The fraction of sp³-hybridized carbons (Fsp3) is 0.846. The summed E-state index contributed by atoms with van der Waals surface area (Å²) in [5.74, 6) is -0.205. The van der Waals surface area contributed by atoms with Gasteiger partial charge in [-0.05, 0) is 20.3 Å². The molecule has 1 heterocycles. The number of piperazine rings is 1. The Morgan fingerprint density at radius 3 is 2.42 bits per heavy atom. The summed E-state index contributed by atoms with van der Waals surface area (Å²) in [6.07, 6.45) is 0.892. The fourth-order valence-electron chi connectivity index (χ4n) is 2.04. The molecule has 0 aromatic heterocycles. The van der Waals surface area contributed by atoms with Crippen LogP contribution < -0.4 is 16.0 Å². The van der Waals surface area contributed by atoms with Crippen LogP contribution in [0.4, 0.5) is 0 Å². The first-order valence-electron chi connectivity index (χ1n) is 7.09. The molecule has 3 N–H and O–H groups in total. The zero-order valence-corrected chi connectivity index (χ0v) is 12.2. The third-order valence-electron chi connectivity index (χ3n) is 3.38. The number of nitrogens with one attached hydrogen (secondary N) is 3. The van der Waals surface area contributed by atoms with E-state index in [2.05, 4.69) is 20.9 Å². The van der Waals surface area contributed by atoms with E-state index in [0.717, 1.165) is 32.6 Å². The van der Waals surface area contributed by atoms with E-state index in [9.17, 15) is 9.59 Å². The number of rotatable bonds is 6. The standard InChI is InChI=1S/C13H26N4O2/c1-4-5-15-12(18)10(2)16-13(19)11(3)17-8-6-14-7-9-17/h10-11,14H,4-9H2,1-3H3,(H,15,18)(H,16,19). The molecule has 2 amide bonds. The summed E-state index contributed by atoms with van der Waals surface area (Å²) in [7, 11) is 0. The van der Waals surface area contributed by atoms with E-state index in [1.54, 1.807) is 6.92 Å². The highest BCUT2D eigenvalue weighted by Crippen LogP contribution is 2.01. The van der Waals surface area contributed by atoms with Gasteiger partial charge < -0.3 is 16.0 Å². The molecule has 6 nitrogen and oxygen atoms in total. The van der Waals surface area contributed by atoms with Crippen molar-refractivity contribution in [3.05, 3.63) is 0 Å². The molecular formula is C13H26N4O2. The maximum absolute atomic E-state index is 12.1. The Hall–Kier alpha value is -1.14. The van der Waals surface area contributed by atoms with Crippen LogP contribution in [0.3, 0.4) is 0 Å². The fourth-order valence-corrected chi connectivity index (χ4v) is 2.04. The normalized spacial score (nSPS) is 19.5. The van der Waals surface area contributed by atoms with Crippen molar-refractivity contribution in [2.45, 2.75) is 39.3 Å². The van der Waals surface area contributed by atoms with Gasteiger partial charge in [0.2, 0.25) is 11.8 Å². The predicted octanol–water partition coefficient (Wildman–Crippen LogP) is -0.689. The molecule has 2 atom stereocenters. The van der Waals surface area contributed by atoms with Crippen LogP contribution in [0.25, 0.3) is 0 Å². The second-order valence-corrected chi connectivity index (χ2v) is 4.98. The monoisotopic (exact) mass is 270 g/mol. The van der Waals surface area contributed by atoms with Crippen molar-refractivity contribution >= 4 is 11.8 Å². The molecule has 1 aliphatic rings. The molecule has 0 bridgehead atoms. The van der Waals surface area contributed by atoms with Gasteiger partial charge in [0, 0.05) is 32.7 Å². The van der Waals surface area contributed by atoms with E-state index < -0.39 is 6.04 Å². The van der Waals surface area contributed by atoms with Crippen LogP contribution in [-0.2, 0) is 9.59 Å². The minimum atomic E-state index is -0.482. The van der Waals surface area contributed by atoms with Gasteiger partial charge in [0.1, 0.15) is 6.04 Å². The summed E-state index contributed by atoms with van der Waals surface area (Å²) in [6, 6.07) is -0.673. The lowest BCUT2D eigenvalue weighted by Crippen LogP contribution is -2.55. The molecule has 1 aliphatic heterocycles. The quantitative estimate of drug-likeness (QED) is 0.597. The molecule has 110 valence electrons. The minimum absolute atomic E-state index is 0.0824. The number of hydrogen-bond acceptors (Lipinski definition) is 4. The Morgan fingerprint density at radius 1 is 1.21 bits per heavy atom. The van der Waals surface area contributed by atoms with Crippen LogP contribution >= 0.6 is 0 Å². The Kier molecular flexibility index (Phi) is 6.80. The van der Waals surface area contributed by atoms with Crippen molar-refractivity contribution in [3.63, 3.8) is 0 Å². The van der Waals surface area contributed by atoms with Gasteiger partial charge >= 0.3 is 0 Å². The Morgan fingerprint density at radius 2 is 1.84 bits per heavy atom. The Labute approximate surface area is 115 Å². The molecular weight excluding hydrogens is 244 g/mol. The summed E-state index contributed by atoms with van der Waals surface area (Å²) in [4.78, 5) is 25.9. The average molecular weight is 270 g/mol. The van der Waals surface area contributed by atoms with Crippen molar-refractivity contribution in [1.82, 2.24) is 20.9 Å². The molecule has 1 rings (SSSR count). The van der Waals surface area contributed by atoms with Crippen LogP contribution in [0, 0.1) is 0 Å². The molecule has 0 radical (unpaired) electrons. The van der Waals surface area contributed by atoms with Gasteiger partial charge in [0.25, 0.3) is 0 Å². The predicted molar refractivity (Wildman–Crippen MR) is 74.8 cm³/mol. The molecule has 0 aliphatic carbocycles. The molecule has 6 heteroatoms. The summed E-state index contributed by atoms with van der Waals surface area (Å²) in [6.45, 7) is 9.79. The highest BCUT2D eigenvalue weighted by molar-refractivity contribution is 5.89. The van der Waals surface area contributed by atoms with E-state index in [4.69, 9.17) is 0 Å². The van der Waals surface area contributed by atoms with Gasteiger partial charge in [0.15, 0.2) is 0 Å². The molecule has 19 heavy (non-hydrogen) atoms. The van der Waals surface area contributed by atoms with Crippen LogP contribution in [0.5, 0.6) is 0 Å². The molecule has 2 unspecified atom stereocenters.